The van der Waals surface area contributed by atoms with E-state index in [-0.39, 0.29) is 5.92 Å². The highest BCUT2D eigenvalue weighted by Gasteiger charge is 2.32. The Morgan fingerprint density at radius 1 is 1.00 bits per heavy atom. The van der Waals surface area contributed by atoms with Crippen LogP contribution in [-0.4, -0.2) is 64.5 Å². The number of imidazole rings is 1. The number of aromatic nitrogens is 2. The van der Waals surface area contributed by atoms with Crippen molar-refractivity contribution in [1.82, 2.24) is 19.4 Å². The predicted molar refractivity (Wildman–Crippen MR) is 143 cm³/mol. The molecule has 1 aromatic heterocycles. The van der Waals surface area contributed by atoms with E-state index in [0.29, 0.717) is 11.9 Å². The first-order valence-corrected chi connectivity index (χ1v) is 13.3. The molecule has 1 atom stereocenters. The van der Waals surface area contributed by atoms with Crippen molar-refractivity contribution in [2.24, 2.45) is 5.92 Å². The van der Waals surface area contributed by atoms with Gasteiger partial charge in [-0.05, 0) is 63.4 Å². The van der Waals surface area contributed by atoms with Crippen molar-refractivity contribution in [3.05, 3.63) is 59.9 Å². The van der Waals surface area contributed by atoms with E-state index >= 15 is 0 Å². The van der Waals surface area contributed by atoms with Crippen molar-refractivity contribution in [2.75, 3.05) is 44.2 Å². The monoisotopic (exact) mass is 473 g/mol. The smallest absolute Gasteiger partial charge is 0.227 e. The SMILES string of the molecule is CCc1ccccc1N1CCN(C(=O)[C@@H]2CCCN(Cc3nc4ccccc4n3C(C)C)C2)CC1. The Morgan fingerprint density at radius 3 is 2.51 bits per heavy atom. The second-order valence-corrected chi connectivity index (χ2v) is 10.3. The van der Waals surface area contributed by atoms with Gasteiger partial charge >= 0.3 is 0 Å². The molecule has 3 aromatic rings. The lowest BCUT2D eigenvalue weighted by atomic mass is 9.96. The predicted octanol–water partition coefficient (Wildman–Crippen LogP) is 4.74. The van der Waals surface area contributed by atoms with Crippen LogP contribution in [0.3, 0.4) is 0 Å². The number of hydrogen-bond donors (Lipinski definition) is 0. The molecule has 1 amide bonds. The Kier molecular flexibility index (Phi) is 7.09. The number of rotatable bonds is 6. The fourth-order valence-electron chi connectivity index (χ4n) is 5.93. The zero-order valence-electron chi connectivity index (χ0n) is 21.5. The largest absolute Gasteiger partial charge is 0.368 e. The minimum atomic E-state index is 0.0927. The van der Waals surface area contributed by atoms with Crippen molar-refractivity contribution in [1.29, 1.82) is 0 Å². The summed E-state index contributed by atoms with van der Waals surface area (Å²) in [4.78, 5) is 25.5. The Balaban J connectivity index is 1.22. The van der Waals surface area contributed by atoms with Gasteiger partial charge in [0.25, 0.3) is 0 Å². The van der Waals surface area contributed by atoms with E-state index in [9.17, 15) is 4.79 Å². The van der Waals surface area contributed by atoms with E-state index < -0.39 is 0 Å². The summed E-state index contributed by atoms with van der Waals surface area (Å²) in [7, 11) is 0. The summed E-state index contributed by atoms with van der Waals surface area (Å²) in [5.41, 5.74) is 4.98. The molecular weight excluding hydrogens is 434 g/mol. The van der Waals surface area contributed by atoms with Crippen LogP contribution in [0.2, 0.25) is 0 Å². The maximum Gasteiger partial charge on any atom is 0.227 e. The van der Waals surface area contributed by atoms with E-state index in [4.69, 9.17) is 4.98 Å². The molecule has 5 rings (SSSR count). The molecule has 2 fully saturated rings. The zero-order chi connectivity index (χ0) is 24.4. The highest BCUT2D eigenvalue weighted by Crippen LogP contribution is 2.26. The quantitative estimate of drug-likeness (QED) is 0.519. The molecule has 0 spiro atoms. The number of hydrogen-bond acceptors (Lipinski definition) is 4. The third-order valence-corrected chi connectivity index (χ3v) is 7.71. The Morgan fingerprint density at radius 2 is 1.74 bits per heavy atom. The number of carbonyl (C=O) groups is 1. The second-order valence-electron chi connectivity index (χ2n) is 10.3. The number of likely N-dealkylation sites (tertiary alicyclic amines) is 1. The van der Waals surface area contributed by atoms with Gasteiger partial charge in [-0.2, -0.15) is 0 Å². The number of benzene rings is 2. The zero-order valence-corrected chi connectivity index (χ0v) is 21.5. The molecule has 0 unspecified atom stereocenters. The van der Waals surface area contributed by atoms with Crippen LogP contribution in [0.15, 0.2) is 48.5 Å². The van der Waals surface area contributed by atoms with Gasteiger partial charge in [-0.25, -0.2) is 4.98 Å². The van der Waals surface area contributed by atoms with Gasteiger partial charge in [0.2, 0.25) is 5.91 Å². The van der Waals surface area contributed by atoms with Gasteiger partial charge in [-0.15, -0.1) is 0 Å². The molecule has 186 valence electrons. The van der Waals surface area contributed by atoms with Crippen LogP contribution >= 0.6 is 0 Å². The summed E-state index contributed by atoms with van der Waals surface area (Å²) < 4.78 is 2.36. The molecule has 35 heavy (non-hydrogen) atoms. The minimum absolute atomic E-state index is 0.0927. The van der Waals surface area contributed by atoms with Crippen LogP contribution < -0.4 is 4.90 Å². The molecule has 2 aliphatic rings. The van der Waals surface area contributed by atoms with Crippen LogP contribution in [0, 0.1) is 5.92 Å². The number of nitrogens with zero attached hydrogens (tertiary/aromatic N) is 5. The summed E-state index contributed by atoms with van der Waals surface area (Å²) in [6.45, 7) is 12.8. The van der Waals surface area contributed by atoms with Crippen molar-refractivity contribution >= 4 is 22.6 Å². The van der Waals surface area contributed by atoms with Crippen molar-refractivity contribution in [3.63, 3.8) is 0 Å². The highest BCUT2D eigenvalue weighted by atomic mass is 16.2. The normalized spacial score (nSPS) is 19.6. The topological polar surface area (TPSA) is 44.6 Å². The summed E-state index contributed by atoms with van der Waals surface area (Å²) >= 11 is 0. The fourth-order valence-corrected chi connectivity index (χ4v) is 5.93. The molecule has 0 N–H and O–H groups in total. The molecular formula is C29H39N5O. The van der Waals surface area contributed by atoms with Crippen molar-refractivity contribution in [2.45, 2.75) is 52.6 Å². The number of piperazine rings is 1. The molecule has 6 heteroatoms. The first kappa shape index (κ1) is 23.9. The molecule has 0 radical (unpaired) electrons. The third kappa shape index (κ3) is 4.94. The molecule has 0 bridgehead atoms. The van der Waals surface area contributed by atoms with Crippen LogP contribution in [0.1, 0.15) is 51.0 Å². The lowest BCUT2D eigenvalue weighted by Crippen LogP contribution is -2.52. The first-order chi connectivity index (χ1) is 17.0. The van der Waals surface area contributed by atoms with Gasteiger partial charge in [-0.3, -0.25) is 9.69 Å². The van der Waals surface area contributed by atoms with E-state index in [1.165, 1.54) is 16.8 Å². The second kappa shape index (κ2) is 10.4. The molecule has 2 aliphatic heterocycles. The third-order valence-electron chi connectivity index (χ3n) is 7.71. The maximum absolute atomic E-state index is 13.5. The van der Waals surface area contributed by atoms with Gasteiger partial charge in [0.15, 0.2) is 0 Å². The van der Waals surface area contributed by atoms with Crippen LogP contribution in [0.5, 0.6) is 0 Å². The number of amides is 1. The fraction of sp³-hybridized carbons (Fsp3) is 0.517. The van der Waals surface area contributed by atoms with E-state index in [1.54, 1.807) is 0 Å². The Bertz CT molecular complexity index is 1160. The first-order valence-electron chi connectivity index (χ1n) is 13.3. The van der Waals surface area contributed by atoms with Gasteiger partial charge in [0, 0.05) is 44.5 Å². The minimum Gasteiger partial charge on any atom is -0.368 e. The van der Waals surface area contributed by atoms with E-state index in [0.717, 1.165) is 76.4 Å². The van der Waals surface area contributed by atoms with Crippen molar-refractivity contribution < 1.29 is 4.79 Å². The highest BCUT2D eigenvalue weighted by molar-refractivity contribution is 5.79. The standard InChI is InChI=1S/C29H39N5O/c1-4-23-10-5-7-13-26(23)32-16-18-33(19-17-32)29(35)24-11-9-15-31(20-24)21-28-30-25-12-6-8-14-27(25)34(28)22(2)3/h5-8,10,12-14,22,24H,4,9,11,15-21H2,1-3H3/t24-/m1/s1. The number of fused-ring (bicyclic) bond motifs is 1. The molecule has 0 aliphatic carbocycles. The number of para-hydroxylation sites is 3. The Labute approximate surface area is 209 Å². The molecule has 3 heterocycles. The van der Waals surface area contributed by atoms with Crippen LogP contribution in [0.4, 0.5) is 5.69 Å². The molecule has 0 saturated carbocycles. The van der Waals surface area contributed by atoms with Crippen LogP contribution in [-0.2, 0) is 17.8 Å². The number of aryl methyl sites for hydroxylation is 1. The summed E-state index contributed by atoms with van der Waals surface area (Å²) in [6, 6.07) is 17.4. The number of piperidine rings is 1. The van der Waals surface area contributed by atoms with Gasteiger partial charge in [0.05, 0.1) is 23.5 Å². The van der Waals surface area contributed by atoms with Gasteiger partial charge in [-0.1, -0.05) is 37.3 Å². The average molecular weight is 474 g/mol. The van der Waals surface area contributed by atoms with E-state index in [1.807, 2.05) is 0 Å². The van der Waals surface area contributed by atoms with Crippen LogP contribution in [0.25, 0.3) is 11.0 Å². The van der Waals surface area contributed by atoms with E-state index in [2.05, 4.69) is 88.6 Å². The number of carbonyl (C=O) groups excluding carboxylic acids is 1. The lowest BCUT2D eigenvalue weighted by Gasteiger charge is -2.40. The average Bonchev–Trinajstić information content (AvgIpc) is 3.26. The lowest BCUT2D eigenvalue weighted by molar-refractivity contribution is -0.137. The maximum atomic E-state index is 13.5. The summed E-state index contributed by atoms with van der Waals surface area (Å²) in [6.07, 6.45) is 3.11. The van der Waals surface area contributed by atoms with Gasteiger partial charge < -0.3 is 14.4 Å². The van der Waals surface area contributed by atoms with Crippen molar-refractivity contribution in [3.8, 4) is 0 Å². The molecule has 6 nitrogen and oxygen atoms in total. The van der Waals surface area contributed by atoms with Gasteiger partial charge in [0.1, 0.15) is 5.82 Å². The Hall–Kier alpha value is -2.86. The summed E-state index contributed by atoms with van der Waals surface area (Å²) in [5, 5.41) is 0. The summed E-state index contributed by atoms with van der Waals surface area (Å²) in [5.74, 6) is 1.54. The molecule has 2 aromatic carbocycles. The number of anilines is 1. The molecule has 2 saturated heterocycles.